The van der Waals surface area contributed by atoms with Crippen molar-refractivity contribution in [2.24, 2.45) is 0 Å². The van der Waals surface area contributed by atoms with Gasteiger partial charge in [0, 0.05) is 38.8 Å². The number of nitriles is 1. The Kier molecular flexibility index (Phi) is 5.16. The molecular weight excluding hydrogens is 348 g/mol. The van der Waals surface area contributed by atoms with Crippen LogP contribution >= 0.6 is 0 Å². The highest BCUT2D eigenvalue weighted by Crippen LogP contribution is 2.21. The maximum absolute atomic E-state index is 8.90. The normalized spacial score (nSPS) is 14.0. The molecule has 6 heteroatoms. The van der Waals surface area contributed by atoms with Crippen molar-refractivity contribution in [3.63, 3.8) is 0 Å². The average Bonchev–Trinajstić information content (AvgIpc) is 2.75. The molecule has 3 aromatic rings. The molecule has 1 aliphatic rings. The second kappa shape index (κ2) is 8.05. The average molecular weight is 370 g/mol. The van der Waals surface area contributed by atoms with Crippen LogP contribution in [0.1, 0.15) is 22.4 Å². The minimum atomic E-state index is 0.587. The van der Waals surface area contributed by atoms with Gasteiger partial charge in [-0.15, -0.1) is 5.10 Å². The fourth-order valence-corrected chi connectivity index (χ4v) is 3.52. The molecule has 140 valence electrons. The minimum Gasteiger partial charge on any atom is -0.353 e. The maximum Gasteiger partial charge on any atom is 0.154 e. The largest absolute Gasteiger partial charge is 0.353 e. The molecule has 1 fully saturated rings. The molecule has 0 unspecified atom stereocenters. The van der Waals surface area contributed by atoms with Crippen molar-refractivity contribution >= 4 is 11.6 Å². The molecule has 1 saturated heterocycles. The molecule has 0 N–H and O–H groups in total. The van der Waals surface area contributed by atoms with Crippen LogP contribution in [0.15, 0.2) is 54.7 Å². The highest BCUT2D eigenvalue weighted by atomic mass is 15.3. The standard InChI is InChI=1S/C22H22N6/c1-17-13-20(14-18-5-3-2-4-6-18)25-26-22(17)28-11-9-27(10-12-28)21-8-7-19(15-23)16-24-21/h2-8,13,16H,9-12,14H2,1H3. The fourth-order valence-electron chi connectivity index (χ4n) is 3.52. The third-order valence-electron chi connectivity index (χ3n) is 5.02. The number of aryl methyl sites for hydroxylation is 1. The number of anilines is 2. The third kappa shape index (κ3) is 3.94. The van der Waals surface area contributed by atoms with Crippen molar-refractivity contribution in [2.75, 3.05) is 36.0 Å². The molecule has 1 aliphatic heterocycles. The van der Waals surface area contributed by atoms with E-state index in [1.165, 1.54) is 5.56 Å². The summed E-state index contributed by atoms with van der Waals surface area (Å²) in [4.78, 5) is 8.92. The first-order valence-electron chi connectivity index (χ1n) is 9.46. The van der Waals surface area contributed by atoms with E-state index in [0.717, 1.165) is 55.5 Å². The molecule has 0 atom stereocenters. The first-order chi connectivity index (χ1) is 13.7. The van der Waals surface area contributed by atoms with Gasteiger partial charge in [0.15, 0.2) is 5.82 Å². The van der Waals surface area contributed by atoms with Gasteiger partial charge in [-0.05, 0) is 36.2 Å². The van der Waals surface area contributed by atoms with Gasteiger partial charge < -0.3 is 9.80 Å². The van der Waals surface area contributed by atoms with E-state index in [1.54, 1.807) is 6.20 Å². The number of piperazine rings is 1. The topological polar surface area (TPSA) is 68.9 Å². The Morgan fingerprint density at radius 3 is 2.36 bits per heavy atom. The van der Waals surface area contributed by atoms with Crippen LogP contribution in [0, 0.1) is 18.3 Å². The summed E-state index contributed by atoms with van der Waals surface area (Å²) in [5.41, 5.74) is 3.98. The Labute approximate surface area is 165 Å². The molecule has 0 bridgehead atoms. The zero-order valence-corrected chi connectivity index (χ0v) is 15.9. The molecule has 0 radical (unpaired) electrons. The summed E-state index contributed by atoms with van der Waals surface area (Å²) in [5, 5.41) is 17.9. The molecule has 4 rings (SSSR count). The lowest BCUT2D eigenvalue weighted by atomic mass is 10.1. The van der Waals surface area contributed by atoms with Crippen LogP contribution in [-0.2, 0) is 6.42 Å². The van der Waals surface area contributed by atoms with E-state index in [1.807, 2.05) is 30.3 Å². The van der Waals surface area contributed by atoms with Crippen molar-refractivity contribution in [3.8, 4) is 6.07 Å². The summed E-state index contributed by atoms with van der Waals surface area (Å²) >= 11 is 0. The predicted molar refractivity (Wildman–Crippen MR) is 109 cm³/mol. The molecule has 0 saturated carbocycles. The highest BCUT2D eigenvalue weighted by molar-refractivity contribution is 5.49. The van der Waals surface area contributed by atoms with E-state index >= 15 is 0 Å². The Hall–Kier alpha value is -3.46. The van der Waals surface area contributed by atoms with Gasteiger partial charge >= 0.3 is 0 Å². The van der Waals surface area contributed by atoms with Gasteiger partial charge in [0.05, 0.1) is 11.3 Å². The number of hydrogen-bond acceptors (Lipinski definition) is 6. The van der Waals surface area contributed by atoms with E-state index in [9.17, 15) is 0 Å². The van der Waals surface area contributed by atoms with Crippen molar-refractivity contribution in [3.05, 3.63) is 77.1 Å². The number of hydrogen-bond donors (Lipinski definition) is 0. The lowest BCUT2D eigenvalue weighted by Crippen LogP contribution is -2.47. The van der Waals surface area contributed by atoms with Crippen molar-refractivity contribution in [1.82, 2.24) is 15.2 Å². The first kappa shape index (κ1) is 17.9. The van der Waals surface area contributed by atoms with Crippen LogP contribution in [0.25, 0.3) is 0 Å². The van der Waals surface area contributed by atoms with Crippen LogP contribution in [0.5, 0.6) is 0 Å². The SMILES string of the molecule is Cc1cc(Cc2ccccc2)nnc1N1CCN(c2ccc(C#N)cn2)CC1. The molecule has 0 aliphatic carbocycles. The van der Waals surface area contributed by atoms with E-state index in [4.69, 9.17) is 5.26 Å². The lowest BCUT2D eigenvalue weighted by Gasteiger charge is -2.36. The van der Waals surface area contributed by atoms with E-state index in [0.29, 0.717) is 5.56 Å². The van der Waals surface area contributed by atoms with Crippen molar-refractivity contribution in [1.29, 1.82) is 5.26 Å². The van der Waals surface area contributed by atoms with Gasteiger partial charge in [0.2, 0.25) is 0 Å². The lowest BCUT2D eigenvalue weighted by molar-refractivity contribution is 0.635. The zero-order chi connectivity index (χ0) is 19.3. The van der Waals surface area contributed by atoms with Crippen LogP contribution in [-0.4, -0.2) is 41.4 Å². The van der Waals surface area contributed by atoms with Gasteiger partial charge in [-0.3, -0.25) is 0 Å². The number of aromatic nitrogens is 3. The van der Waals surface area contributed by atoms with Crippen LogP contribution in [0.4, 0.5) is 11.6 Å². The summed E-state index contributed by atoms with van der Waals surface area (Å²) in [6.45, 7) is 5.58. The Balaban J connectivity index is 1.40. The monoisotopic (exact) mass is 370 g/mol. The van der Waals surface area contributed by atoms with Crippen molar-refractivity contribution < 1.29 is 0 Å². The first-order valence-corrected chi connectivity index (χ1v) is 9.46. The second-order valence-corrected chi connectivity index (χ2v) is 7.00. The zero-order valence-electron chi connectivity index (χ0n) is 15.9. The second-order valence-electron chi connectivity index (χ2n) is 7.00. The number of benzene rings is 1. The summed E-state index contributed by atoms with van der Waals surface area (Å²) < 4.78 is 0. The number of nitrogens with zero attached hydrogens (tertiary/aromatic N) is 6. The fraction of sp³-hybridized carbons (Fsp3) is 0.273. The molecule has 2 aromatic heterocycles. The molecule has 1 aromatic carbocycles. The Morgan fingerprint density at radius 1 is 0.964 bits per heavy atom. The quantitative estimate of drug-likeness (QED) is 0.703. The summed E-state index contributed by atoms with van der Waals surface area (Å²) in [6.07, 6.45) is 2.43. The Bertz CT molecular complexity index is 970. The number of rotatable bonds is 4. The van der Waals surface area contributed by atoms with Gasteiger partial charge in [-0.25, -0.2) is 4.98 Å². The van der Waals surface area contributed by atoms with E-state index in [-0.39, 0.29) is 0 Å². The molecular formula is C22H22N6. The van der Waals surface area contributed by atoms with Gasteiger partial charge in [-0.1, -0.05) is 30.3 Å². The van der Waals surface area contributed by atoms with Gasteiger partial charge in [0.25, 0.3) is 0 Å². The third-order valence-corrected chi connectivity index (χ3v) is 5.02. The van der Waals surface area contributed by atoms with Crippen LogP contribution in [0.2, 0.25) is 0 Å². The summed E-state index contributed by atoms with van der Waals surface area (Å²) in [6, 6.07) is 18.3. The molecule has 28 heavy (non-hydrogen) atoms. The van der Waals surface area contributed by atoms with Gasteiger partial charge in [-0.2, -0.15) is 10.4 Å². The van der Waals surface area contributed by atoms with E-state index < -0.39 is 0 Å². The predicted octanol–water partition coefficient (Wildman–Crippen LogP) is 2.97. The minimum absolute atomic E-state index is 0.587. The molecule has 3 heterocycles. The number of pyridine rings is 1. The maximum atomic E-state index is 8.90. The summed E-state index contributed by atoms with van der Waals surface area (Å²) in [7, 11) is 0. The summed E-state index contributed by atoms with van der Waals surface area (Å²) in [5.74, 6) is 1.88. The highest BCUT2D eigenvalue weighted by Gasteiger charge is 2.21. The van der Waals surface area contributed by atoms with Crippen LogP contribution in [0.3, 0.4) is 0 Å². The Morgan fingerprint density at radius 2 is 1.71 bits per heavy atom. The van der Waals surface area contributed by atoms with E-state index in [2.05, 4.69) is 56.2 Å². The molecule has 0 spiro atoms. The molecule has 6 nitrogen and oxygen atoms in total. The smallest absolute Gasteiger partial charge is 0.154 e. The van der Waals surface area contributed by atoms with Crippen molar-refractivity contribution in [2.45, 2.75) is 13.3 Å². The van der Waals surface area contributed by atoms with Crippen LogP contribution < -0.4 is 9.80 Å². The van der Waals surface area contributed by atoms with Gasteiger partial charge in [0.1, 0.15) is 11.9 Å². The molecule has 0 amide bonds.